The third-order valence-electron chi connectivity index (χ3n) is 2.72. The number of hydrogen-bond donors (Lipinski definition) is 1. The lowest BCUT2D eigenvalue weighted by molar-refractivity contribution is 0.0417. The zero-order valence-electron chi connectivity index (χ0n) is 10.2. The van der Waals surface area contributed by atoms with Crippen molar-refractivity contribution in [3.8, 4) is 0 Å². The lowest BCUT2D eigenvalue weighted by atomic mass is 10.0. The van der Waals surface area contributed by atoms with Gasteiger partial charge in [-0.15, -0.1) is 0 Å². The van der Waals surface area contributed by atoms with Crippen LogP contribution in [0.2, 0.25) is 5.02 Å². The molecule has 96 valence electrons. The summed E-state index contributed by atoms with van der Waals surface area (Å²) in [7, 11) is 0. The first-order chi connectivity index (χ1) is 8.08. The fraction of sp³-hybridized carbons (Fsp3) is 0.538. The fourth-order valence-corrected chi connectivity index (χ4v) is 2.03. The summed E-state index contributed by atoms with van der Waals surface area (Å²) in [5.74, 6) is -0.402. The van der Waals surface area contributed by atoms with Crippen LogP contribution in [0.5, 0.6) is 0 Å². The normalized spacial score (nSPS) is 14.6. The van der Waals surface area contributed by atoms with E-state index in [9.17, 15) is 4.39 Å². The van der Waals surface area contributed by atoms with E-state index in [1.54, 1.807) is 12.1 Å². The third-order valence-corrected chi connectivity index (χ3v) is 3.01. The number of nitrogens with two attached hydrogens (primary N) is 1. The molecule has 0 saturated heterocycles. The van der Waals surface area contributed by atoms with Crippen molar-refractivity contribution in [1.29, 1.82) is 0 Å². The summed E-state index contributed by atoms with van der Waals surface area (Å²) in [5.41, 5.74) is 7.01. The van der Waals surface area contributed by atoms with Crippen LogP contribution >= 0.6 is 11.6 Å². The predicted molar refractivity (Wildman–Crippen MR) is 68.8 cm³/mol. The van der Waals surface area contributed by atoms with Crippen LogP contribution in [0, 0.1) is 5.82 Å². The van der Waals surface area contributed by atoms with Crippen molar-refractivity contribution >= 4 is 11.6 Å². The van der Waals surface area contributed by atoms with Crippen molar-refractivity contribution in [2.24, 2.45) is 5.73 Å². The first-order valence-corrected chi connectivity index (χ1v) is 6.27. The van der Waals surface area contributed by atoms with Gasteiger partial charge in [0.15, 0.2) is 0 Å². The molecule has 2 atom stereocenters. The maximum atomic E-state index is 13.0. The summed E-state index contributed by atoms with van der Waals surface area (Å²) < 4.78 is 18.5. The zero-order valence-corrected chi connectivity index (χ0v) is 11.0. The molecule has 0 radical (unpaired) electrons. The molecule has 0 spiro atoms. The van der Waals surface area contributed by atoms with E-state index >= 15 is 0 Å². The SMILES string of the molecule is CCOC(CC)C(N)Cc1ccc(F)c(Cl)c1. The molecule has 2 unspecified atom stereocenters. The summed E-state index contributed by atoms with van der Waals surface area (Å²) in [6.07, 6.45) is 1.53. The lowest BCUT2D eigenvalue weighted by Gasteiger charge is -2.22. The Morgan fingerprint density at radius 1 is 1.41 bits per heavy atom. The van der Waals surface area contributed by atoms with Gasteiger partial charge in [0, 0.05) is 12.6 Å². The Bertz CT molecular complexity index is 359. The van der Waals surface area contributed by atoms with E-state index in [1.807, 2.05) is 13.8 Å². The number of hydrogen-bond acceptors (Lipinski definition) is 2. The van der Waals surface area contributed by atoms with E-state index < -0.39 is 5.82 Å². The number of halogens is 2. The molecule has 0 aromatic heterocycles. The highest BCUT2D eigenvalue weighted by Gasteiger charge is 2.16. The highest BCUT2D eigenvalue weighted by molar-refractivity contribution is 6.30. The Kier molecular flexibility index (Phi) is 5.89. The largest absolute Gasteiger partial charge is 0.377 e. The highest BCUT2D eigenvalue weighted by atomic mass is 35.5. The smallest absolute Gasteiger partial charge is 0.141 e. The molecule has 1 aromatic carbocycles. The van der Waals surface area contributed by atoms with Gasteiger partial charge in [0.2, 0.25) is 0 Å². The van der Waals surface area contributed by atoms with Gasteiger partial charge in [0.25, 0.3) is 0 Å². The average Bonchev–Trinajstić information content (AvgIpc) is 2.30. The Morgan fingerprint density at radius 3 is 2.65 bits per heavy atom. The second kappa shape index (κ2) is 6.94. The van der Waals surface area contributed by atoms with Gasteiger partial charge in [0.05, 0.1) is 11.1 Å². The molecule has 17 heavy (non-hydrogen) atoms. The zero-order chi connectivity index (χ0) is 12.8. The number of benzene rings is 1. The van der Waals surface area contributed by atoms with Crippen molar-refractivity contribution < 1.29 is 9.13 Å². The van der Waals surface area contributed by atoms with E-state index in [0.717, 1.165) is 12.0 Å². The molecular weight excluding hydrogens is 241 g/mol. The van der Waals surface area contributed by atoms with Gasteiger partial charge >= 0.3 is 0 Å². The van der Waals surface area contributed by atoms with E-state index in [2.05, 4.69) is 0 Å². The van der Waals surface area contributed by atoms with Crippen LogP contribution in [-0.4, -0.2) is 18.8 Å². The molecule has 0 bridgehead atoms. The predicted octanol–water partition coefficient (Wildman–Crippen LogP) is 3.16. The van der Waals surface area contributed by atoms with Gasteiger partial charge in [-0.1, -0.05) is 24.6 Å². The van der Waals surface area contributed by atoms with Crippen LogP contribution in [-0.2, 0) is 11.2 Å². The van der Waals surface area contributed by atoms with Crippen molar-refractivity contribution in [3.05, 3.63) is 34.6 Å². The molecule has 4 heteroatoms. The molecule has 1 rings (SSSR count). The van der Waals surface area contributed by atoms with Gasteiger partial charge in [-0.05, 0) is 37.5 Å². The Hall–Kier alpha value is -0.640. The van der Waals surface area contributed by atoms with E-state index in [1.165, 1.54) is 6.07 Å². The van der Waals surface area contributed by atoms with Gasteiger partial charge in [-0.3, -0.25) is 0 Å². The second-order valence-electron chi connectivity index (χ2n) is 4.02. The molecule has 0 heterocycles. The molecule has 0 saturated carbocycles. The van der Waals surface area contributed by atoms with E-state index in [4.69, 9.17) is 22.1 Å². The average molecular weight is 260 g/mol. The van der Waals surface area contributed by atoms with Gasteiger partial charge < -0.3 is 10.5 Å². The molecule has 1 aromatic rings. The minimum atomic E-state index is -0.402. The van der Waals surface area contributed by atoms with Crippen LogP contribution in [0.3, 0.4) is 0 Å². The quantitative estimate of drug-likeness (QED) is 0.852. The molecule has 2 nitrogen and oxygen atoms in total. The summed E-state index contributed by atoms with van der Waals surface area (Å²) >= 11 is 5.72. The minimum absolute atomic E-state index is 0.0313. The summed E-state index contributed by atoms with van der Waals surface area (Å²) in [6, 6.07) is 4.60. The molecule has 0 aliphatic carbocycles. The summed E-state index contributed by atoms with van der Waals surface area (Å²) in [4.78, 5) is 0. The maximum absolute atomic E-state index is 13.0. The number of ether oxygens (including phenoxy) is 1. The lowest BCUT2D eigenvalue weighted by Crippen LogP contribution is -2.38. The molecule has 2 N–H and O–H groups in total. The van der Waals surface area contributed by atoms with Crippen LogP contribution in [0.4, 0.5) is 4.39 Å². The minimum Gasteiger partial charge on any atom is -0.377 e. The standard InChI is InChI=1S/C13H19ClFNO/c1-3-13(17-4-2)12(16)8-9-5-6-11(15)10(14)7-9/h5-7,12-13H,3-4,8,16H2,1-2H3. The van der Waals surface area contributed by atoms with Crippen LogP contribution in [0.25, 0.3) is 0 Å². The Labute approximate surface area is 107 Å². The Balaban J connectivity index is 2.66. The van der Waals surface area contributed by atoms with Crippen LogP contribution in [0.15, 0.2) is 18.2 Å². The van der Waals surface area contributed by atoms with Gasteiger partial charge in [-0.2, -0.15) is 0 Å². The third kappa shape index (κ3) is 4.26. The molecule has 0 aliphatic heterocycles. The first kappa shape index (κ1) is 14.4. The van der Waals surface area contributed by atoms with Gasteiger partial charge in [0.1, 0.15) is 5.82 Å². The molecule has 0 fully saturated rings. The van der Waals surface area contributed by atoms with Crippen LogP contribution < -0.4 is 5.73 Å². The first-order valence-electron chi connectivity index (χ1n) is 5.89. The monoisotopic (exact) mass is 259 g/mol. The van der Waals surface area contributed by atoms with E-state index in [-0.39, 0.29) is 17.2 Å². The molecule has 0 aliphatic rings. The van der Waals surface area contributed by atoms with Crippen LogP contribution in [0.1, 0.15) is 25.8 Å². The summed E-state index contributed by atoms with van der Waals surface area (Å²) in [5, 5.41) is 0.138. The maximum Gasteiger partial charge on any atom is 0.141 e. The van der Waals surface area contributed by atoms with E-state index in [0.29, 0.717) is 13.0 Å². The fourth-order valence-electron chi connectivity index (χ4n) is 1.83. The van der Waals surface area contributed by atoms with Crippen molar-refractivity contribution in [2.75, 3.05) is 6.61 Å². The highest BCUT2D eigenvalue weighted by Crippen LogP contribution is 2.18. The van der Waals surface area contributed by atoms with Crippen molar-refractivity contribution in [1.82, 2.24) is 0 Å². The topological polar surface area (TPSA) is 35.2 Å². The van der Waals surface area contributed by atoms with Crippen molar-refractivity contribution in [2.45, 2.75) is 38.8 Å². The van der Waals surface area contributed by atoms with Crippen molar-refractivity contribution in [3.63, 3.8) is 0 Å². The second-order valence-corrected chi connectivity index (χ2v) is 4.43. The Morgan fingerprint density at radius 2 is 2.12 bits per heavy atom. The number of rotatable bonds is 6. The molecule has 0 amide bonds. The molecular formula is C13H19ClFNO. The van der Waals surface area contributed by atoms with Gasteiger partial charge in [-0.25, -0.2) is 4.39 Å². The summed E-state index contributed by atoms with van der Waals surface area (Å²) in [6.45, 7) is 4.64.